The Hall–Kier alpha value is -3.51. The van der Waals surface area contributed by atoms with Crippen LogP contribution in [0.4, 0.5) is 11.4 Å². The van der Waals surface area contributed by atoms with E-state index in [-0.39, 0.29) is 11.8 Å². The molecule has 1 fully saturated rings. The normalized spacial score (nSPS) is 14.1. The Morgan fingerprint density at radius 3 is 2.17 bits per heavy atom. The molecular formula is C30H32N2O3S. The Bertz CT molecular complexity index is 1210. The fourth-order valence-electron chi connectivity index (χ4n) is 4.36. The lowest BCUT2D eigenvalue weighted by molar-refractivity contribution is -0.131. The summed E-state index contributed by atoms with van der Waals surface area (Å²) in [6.45, 7) is 0.467. The molecule has 0 saturated carbocycles. The van der Waals surface area contributed by atoms with Gasteiger partial charge in [-0.1, -0.05) is 48.5 Å². The minimum absolute atomic E-state index is 0.0129. The quantitative estimate of drug-likeness (QED) is 0.374. The maximum atomic E-state index is 13.7. The van der Waals surface area contributed by atoms with E-state index in [1.807, 2.05) is 55.0 Å². The number of aliphatic carboxylic acids is 1. The largest absolute Gasteiger partial charge is 0.478 e. The highest BCUT2D eigenvalue weighted by atomic mass is 32.2. The van der Waals surface area contributed by atoms with Gasteiger partial charge >= 0.3 is 5.97 Å². The van der Waals surface area contributed by atoms with E-state index in [0.29, 0.717) is 6.54 Å². The maximum absolute atomic E-state index is 13.7. The van der Waals surface area contributed by atoms with Crippen molar-refractivity contribution in [1.29, 1.82) is 0 Å². The summed E-state index contributed by atoms with van der Waals surface area (Å²) in [5, 5.41) is 8.99. The van der Waals surface area contributed by atoms with Crippen molar-refractivity contribution < 1.29 is 14.7 Å². The van der Waals surface area contributed by atoms with Crippen molar-refractivity contribution >= 4 is 41.1 Å². The molecule has 36 heavy (non-hydrogen) atoms. The molecular weight excluding hydrogens is 468 g/mol. The number of carboxylic acid groups (broad SMARTS) is 1. The zero-order chi connectivity index (χ0) is 25.5. The summed E-state index contributed by atoms with van der Waals surface area (Å²) in [5.74, 6) is 1.17. The molecule has 4 rings (SSSR count). The van der Waals surface area contributed by atoms with Crippen LogP contribution in [0, 0.1) is 5.92 Å². The van der Waals surface area contributed by atoms with Crippen LogP contribution < -0.4 is 9.80 Å². The molecule has 0 spiro atoms. The fraction of sp³-hybridized carbons (Fsp3) is 0.267. The Morgan fingerprint density at radius 1 is 0.917 bits per heavy atom. The second-order valence-electron chi connectivity index (χ2n) is 9.22. The topological polar surface area (TPSA) is 60.9 Å². The zero-order valence-electron chi connectivity index (χ0n) is 20.8. The van der Waals surface area contributed by atoms with Crippen molar-refractivity contribution in [2.75, 3.05) is 35.4 Å². The van der Waals surface area contributed by atoms with Gasteiger partial charge in [0.05, 0.1) is 6.54 Å². The minimum atomic E-state index is -0.996. The molecule has 0 aliphatic carbocycles. The lowest BCUT2D eigenvalue weighted by Gasteiger charge is -2.30. The summed E-state index contributed by atoms with van der Waals surface area (Å²) in [6.07, 6.45) is 4.45. The Labute approximate surface area is 217 Å². The van der Waals surface area contributed by atoms with E-state index >= 15 is 0 Å². The molecule has 0 atom stereocenters. The summed E-state index contributed by atoms with van der Waals surface area (Å²) in [4.78, 5) is 28.6. The molecule has 3 aromatic carbocycles. The number of benzene rings is 3. The van der Waals surface area contributed by atoms with E-state index in [4.69, 9.17) is 5.11 Å². The highest BCUT2D eigenvalue weighted by molar-refractivity contribution is 7.99. The van der Waals surface area contributed by atoms with Gasteiger partial charge in [-0.2, -0.15) is 11.8 Å². The van der Waals surface area contributed by atoms with Crippen molar-refractivity contribution in [1.82, 2.24) is 0 Å². The number of carbonyl (C=O) groups excluding carboxylic acids is 1. The molecule has 6 heteroatoms. The van der Waals surface area contributed by atoms with Gasteiger partial charge in [0.15, 0.2) is 0 Å². The van der Waals surface area contributed by atoms with Crippen molar-refractivity contribution in [2.24, 2.45) is 5.92 Å². The SMILES string of the molecule is CN(C)c1ccc(-c2ccc(CN(C(=O)C3CCSCC3)c3cccc(/C=C/C(=O)O)c3)cc2)cc1. The molecule has 0 aromatic heterocycles. The van der Waals surface area contributed by atoms with Gasteiger partial charge in [-0.3, -0.25) is 4.79 Å². The first-order chi connectivity index (χ1) is 17.4. The number of hydrogen-bond donors (Lipinski definition) is 1. The Kier molecular flexibility index (Phi) is 8.49. The Balaban J connectivity index is 1.58. The second kappa shape index (κ2) is 12.0. The highest BCUT2D eigenvalue weighted by Gasteiger charge is 2.27. The third-order valence-corrected chi connectivity index (χ3v) is 7.50. The summed E-state index contributed by atoms with van der Waals surface area (Å²) < 4.78 is 0. The zero-order valence-corrected chi connectivity index (χ0v) is 21.6. The van der Waals surface area contributed by atoms with Gasteiger partial charge in [0.2, 0.25) is 5.91 Å². The molecule has 3 aromatic rings. The van der Waals surface area contributed by atoms with Gasteiger partial charge in [-0.15, -0.1) is 0 Å². The van der Waals surface area contributed by atoms with Crippen LogP contribution in [0.2, 0.25) is 0 Å². The summed E-state index contributed by atoms with van der Waals surface area (Å²) in [7, 11) is 4.06. The van der Waals surface area contributed by atoms with Crippen LogP contribution in [-0.2, 0) is 16.1 Å². The first-order valence-corrected chi connectivity index (χ1v) is 13.3. The van der Waals surface area contributed by atoms with E-state index in [0.717, 1.165) is 64.1 Å². The van der Waals surface area contributed by atoms with Crippen molar-refractivity contribution in [3.8, 4) is 11.1 Å². The average molecular weight is 501 g/mol. The molecule has 186 valence electrons. The number of thioether (sulfide) groups is 1. The van der Waals surface area contributed by atoms with Gasteiger partial charge in [0, 0.05) is 37.5 Å². The highest BCUT2D eigenvalue weighted by Crippen LogP contribution is 2.29. The number of nitrogens with zero attached hydrogens (tertiary/aromatic N) is 2. The first-order valence-electron chi connectivity index (χ1n) is 12.2. The standard InChI is InChI=1S/C30H32N2O3S/c1-31(2)27-13-11-25(12-14-27)24-9-6-23(7-10-24)21-32(30(35)26-16-18-36-19-17-26)28-5-3-4-22(20-28)8-15-29(33)34/h3-15,20,26H,16-19,21H2,1-2H3,(H,33,34)/b15-8+. The number of hydrogen-bond acceptors (Lipinski definition) is 4. The summed E-state index contributed by atoms with van der Waals surface area (Å²) >= 11 is 1.90. The Morgan fingerprint density at radius 2 is 1.56 bits per heavy atom. The van der Waals surface area contributed by atoms with Gasteiger partial charge in [-0.25, -0.2) is 4.79 Å². The molecule has 0 bridgehead atoms. The molecule has 1 aliphatic rings. The average Bonchev–Trinajstić information content (AvgIpc) is 2.91. The maximum Gasteiger partial charge on any atom is 0.328 e. The smallest absolute Gasteiger partial charge is 0.328 e. The number of anilines is 2. The molecule has 1 amide bonds. The van der Waals surface area contributed by atoms with E-state index in [1.165, 1.54) is 0 Å². The third-order valence-electron chi connectivity index (χ3n) is 6.45. The summed E-state index contributed by atoms with van der Waals surface area (Å²) in [6, 6.07) is 24.4. The third kappa shape index (κ3) is 6.58. The van der Waals surface area contributed by atoms with Crippen LogP contribution >= 0.6 is 11.8 Å². The predicted octanol–water partition coefficient (Wildman–Crippen LogP) is 6.19. The minimum Gasteiger partial charge on any atom is -0.478 e. The van der Waals surface area contributed by atoms with Crippen LogP contribution in [0.5, 0.6) is 0 Å². The predicted molar refractivity (Wildman–Crippen MR) is 151 cm³/mol. The first kappa shape index (κ1) is 25.6. The summed E-state index contributed by atoms with van der Waals surface area (Å²) in [5.41, 5.74) is 6.03. The fourth-order valence-corrected chi connectivity index (χ4v) is 5.47. The molecule has 1 N–H and O–H groups in total. The van der Waals surface area contributed by atoms with E-state index in [1.54, 1.807) is 6.08 Å². The molecule has 1 saturated heterocycles. The van der Waals surface area contributed by atoms with Crippen molar-refractivity contribution in [3.05, 3.63) is 90.0 Å². The molecule has 0 unspecified atom stereocenters. The number of carboxylic acids is 1. The van der Waals surface area contributed by atoms with Crippen molar-refractivity contribution in [2.45, 2.75) is 19.4 Å². The van der Waals surface area contributed by atoms with Crippen LogP contribution in [0.1, 0.15) is 24.0 Å². The van der Waals surface area contributed by atoms with Crippen molar-refractivity contribution in [3.63, 3.8) is 0 Å². The van der Waals surface area contributed by atoms with Gasteiger partial charge in [0.1, 0.15) is 0 Å². The molecule has 1 heterocycles. The second-order valence-corrected chi connectivity index (χ2v) is 10.4. The lowest BCUT2D eigenvalue weighted by atomic mass is 9.99. The molecule has 1 aliphatic heterocycles. The number of rotatable bonds is 8. The monoisotopic (exact) mass is 500 g/mol. The van der Waals surface area contributed by atoms with E-state index < -0.39 is 5.97 Å². The lowest BCUT2D eigenvalue weighted by Crippen LogP contribution is -2.37. The molecule has 0 radical (unpaired) electrons. The van der Waals surface area contributed by atoms with Crippen LogP contribution in [0.15, 0.2) is 78.9 Å². The van der Waals surface area contributed by atoms with Crippen LogP contribution in [-0.4, -0.2) is 42.6 Å². The van der Waals surface area contributed by atoms with Gasteiger partial charge in [0.25, 0.3) is 0 Å². The number of carbonyl (C=O) groups is 2. The van der Waals surface area contributed by atoms with Gasteiger partial charge < -0.3 is 14.9 Å². The van der Waals surface area contributed by atoms with E-state index in [2.05, 4.69) is 53.4 Å². The van der Waals surface area contributed by atoms with Gasteiger partial charge in [-0.05, 0) is 76.9 Å². The van der Waals surface area contributed by atoms with E-state index in [9.17, 15) is 9.59 Å². The molecule has 5 nitrogen and oxygen atoms in total. The van der Waals surface area contributed by atoms with Crippen LogP contribution in [0.3, 0.4) is 0 Å². The number of amides is 1. The van der Waals surface area contributed by atoms with Crippen LogP contribution in [0.25, 0.3) is 17.2 Å².